The highest BCUT2D eigenvalue weighted by molar-refractivity contribution is 9.10. The van der Waals surface area contributed by atoms with Crippen LogP contribution in [0.1, 0.15) is 12.0 Å². The Morgan fingerprint density at radius 1 is 1.35 bits per heavy atom. The first-order valence-corrected chi connectivity index (χ1v) is 6.20. The number of ketones is 1. The number of ether oxygens (including phenoxy) is 2. The Kier molecular flexibility index (Phi) is 4.34. The molecule has 17 heavy (non-hydrogen) atoms. The lowest BCUT2D eigenvalue weighted by Crippen LogP contribution is -2.23. The molecule has 0 unspecified atom stereocenters. The second kappa shape index (κ2) is 5.98. The van der Waals surface area contributed by atoms with Gasteiger partial charge in [0.15, 0.2) is 5.78 Å². The molecule has 0 N–H and O–H groups in total. The molecule has 2 rings (SSSR count). The van der Waals surface area contributed by atoms with E-state index >= 15 is 0 Å². The first-order chi connectivity index (χ1) is 8.24. The summed E-state index contributed by atoms with van der Waals surface area (Å²) in [5.41, 5.74) is 1.10. The topological polar surface area (TPSA) is 35.5 Å². The molecule has 1 heterocycles. The van der Waals surface area contributed by atoms with E-state index in [1.54, 1.807) is 0 Å². The molecule has 0 bridgehead atoms. The van der Waals surface area contributed by atoms with Crippen molar-refractivity contribution in [2.45, 2.75) is 19.1 Å². The highest BCUT2D eigenvalue weighted by Crippen LogP contribution is 2.12. The highest BCUT2D eigenvalue weighted by atomic mass is 79.9. The second-order valence-electron chi connectivity index (χ2n) is 3.87. The molecule has 0 saturated heterocycles. The van der Waals surface area contributed by atoms with Gasteiger partial charge in [-0.25, -0.2) is 0 Å². The van der Waals surface area contributed by atoms with Crippen LogP contribution in [0.25, 0.3) is 0 Å². The Labute approximate surface area is 109 Å². The minimum Gasteiger partial charge on any atom is -0.495 e. The van der Waals surface area contributed by atoms with Crippen molar-refractivity contribution in [3.63, 3.8) is 0 Å². The first kappa shape index (κ1) is 12.3. The predicted octanol–water partition coefficient (Wildman–Crippen LogP) is 2.84. The zero-order valence-electron chi connectivity index (χ0n) is 9.27. The van der Waals surface area contributed by atoms with Gasteiger partial charge in [-0.1, -0.05) is 28.1 Å². The largest absolute Gasteiger partial charge is 0.495 e. The maximum absolute atomic E-state index is 11.1. The summed E-state index contributed by atoms with van der Waals surface area (Å²) in [7, 11) is 0. The van der Waals surface area contributed by atoms with Gasteiger partial charge in [0.1, 0.15) is 6.10 Å². The van der Waals surface area contributed by atoms with Crippen LogP contribution < -0.4 is 0 Å². The number of hydrogen-bond acceptors (Lipinski definition) is 3. The Bertz CT molecular complexity index is 411. The van der Waals surface area contributed by atoms with Crippen molar-refractivity contribution < 1.29 is 14.3 Å². The molecule has 0 saturated carbocycles. The van der Waals surface area contributed by atoms with Crippen molar-refractivity contribution in [3.05, 3.63) is 46.6 Å². The lowest BCUT2D eigenvalue weighted by atomic mass is 10.1. The molecule has 3 nitrogen and oxygen atoms in total. The van der Waals surface area contributed by atoms with Gasteiger partial charge < -0.3 is 9.47 Å². The van der Waals surface area contributed by atoms with Crippen molar-refractivity contribution in [2.75, 3.05) is 6.61 Å². The molecule has 0 aliphatic carbocycles. The molecule has 0 aromatic heterocycles. The van der Waals surface area contributed by atoms with E-state index in [0.717, 1.165) is 10.0 Å². The lowest BCUT2D eigenvalue weighted by Gasteiger charge is -2.18. The zero-order chi connectivity index (χ0) is 12.1. The number of rotatable bonds is 4. The monoisotopic (exact) mass is 296 g/mol. The van der Waals surface area contributed by atoms with Crippen LogP contribution in [-0.4, -0.2) is 18.5 Å². The predicted molar refractivity (Wildman–Crippen MR) is 67.4 cm³/mol. The molecule has 0 fully saturated rings. The summed E-state index contributed by atoms with van der Waals surface area (Å²) in [6.07, 6.45) is 3.14. The fraction of sp³-hybridized carbons (Fsp3) is 0.308. The summed E-state index contributed by atoms with van der Waals surface area (Å²) >= 11 is 3.38. The van der Waals surface area contributed by atoms with Gasteiger partial charge in [0.05, 0.1) is 19.5 Å². The molecule has 0 amide bonds. The van der Waals surface area contributed by atoms with Gasteiger partial charge in [-0.05, 0) is 17.7 Å². The highest BCUT2D eigenvalue weighted by Gasteiger charge is 2.16. The number of halogens is 1. The number of carbonyl (C=O) groups excluding carboxylic acids is 1. The fourth-order valence-corrected chi connectivity index (χ4v) is 1.82. The van der Waals surface area contributed by atoms with Gasteiger partial charge in [0.25, 0.3) is 0 Å². The minimum absolute atomic E-state index is 0.0912. The number of carbonyl (C=O) groups is 1. The van der Waals surface area contributed by atoms with Gasteiger partial charge >= 0.3 is 0 Å². The Morgan fingerprint density at radius 2 is 2.12 bits per heavy atom. The van der Waals surface area contributed by atoms with Gasteiger partial charge in [0.2, 0.25) is 0 Å². The third-order valence-corrected chi connectivity index (χ3v) is 2.97. The summed E-state index contributed by atoms with van der Waals surface area (Å²) in [6, 6.07) is 7.94. The quantitative estimate of drug-likeness (QED) is 0.857. The van der Waals surface area contributed by atoms with Crippen LogP contribution in [0.5, 0.6) is 0 Å². The van der Waals surface area contributed by atoms with Crippen molar-refractivity contribution in [2.24, 2.45) is 0 Å². The third kappa shape index (κ3) is 3.98. The summed E-state index contributed by atoms with van der Waals surface area (Å²) in [6.45, 7) is 0.969. The van der Waals surface area contributed by atoms with Crippen molar-refractivity contribution in [1.82, 2.24) is 0 Å². The van der Waals surface area contributed by atoms with Gasteiger partial charge in [0, 0.05) is 17.0 Å². The van der Waals surface area contributed by atoms with Gasteiger partial charge in [-0.2, -0.15) is 0 Å². The average Bonchev–Trinajstić information content (AvgIpc) is 2.32. The van der Waals surface area contributed by atoms with Crippen LogP contribution in [0.15, 0.2) is 41.1 Å². The van der Waals surface area contributed by atoms with Crippen LogP contribution in [0.2, 0.25) is 0 Å². The Balaban J connectivity index is 1.74. The van der Waals surface area contributed by atoms with Crippen LogP contribution in [0.4, 0.5) is 0 Å². The van der Waals surface area contributed by atoms with E-state index in [4.69, 9.17) is 9.47 Å². The van der Waals surface area contributed by atoms with E-state index in [9.17, 15) is 4.79 Å². The maximum Gasteiger partial charge on any atom is 0.162 e. The molecule has 1 aromatic carbocycles. The van der Waals surface area contributed by atoms with E-state index in [1.165, 1.54) is 12.3 Å². The van der Waals surface area contributed by atoms with Gasteiger partial charge in [-0.3, -0.25) is 4.79 Å². The molecule has 90 valence electrons. The molecule has 1 aliphatic heterocycles. The van der Waals surface area contributed by atoms with Crippen LogP contribution in [0, 0.1) is 0 Å². The summed E-state index contributed by atoms with van der Waals surface area (Å²) < 4.78 is 11.8. The zero-order valence-corrected chi connectivity index (χ0v) is 10.9. The number of hydrogen-bond donors (Lipinski definition) is 0. The second-order valence-corrected chi connectivity index (χ2v) is 4.79. The first-order valence-electron chi connectivity index (χ1n) is 5.41. The minimum atomic E-state index is -0.150. The molecule has 0 spiro atoms. The average molecular weight is 297 g/mol. The summed E-state index contributed by atoms with van der Waals surface area (Å²) in [5.74, 6) is 0.0912. The van der Waals surface area contributed by atoms with Crippen LogP contribution in [-0.2, 0) is 20.9 Å². The molecule has 1 aromatic rings. The Hall–Kier alpha value is -1.13. The molecule has 0 radical (unpaired) electrons. The van der Waals surface area contributed by atoms with E-state index in [-0.39, 0.29) is 11.9 Å². The maximum atomic E-state index is 11.1. The summed E-state index contributed by atoms with van der Waals surface area (Å²) in [5, 5.41) is 0. The van der Waals surface area contributed by atoms with Gasteiger partial charge in [-0.15, -0.1) is 0 Å². The molecular formula is C13H13BrO3. The van der Waals surface area contributed by atoms with E-state index < -0.39 is 0 Å². The van der Waals surface area contributed by atoms with Crippen molar-refractivity contribution in [1.29, 1.82) is 0 Å². The fourth-order valence-electron chi connectivity index (χ4n) is 1.55. The molecular weight excluding hydrogens is 284 g/mol. The van der Waals surface area contributed by atoms with Crippen LogP contribution >= 0.6 is 15.9 Å². The normalized spacial score (nSPS) is 19.1. The van der Waals surface area contributed by atoms with E-state index in [0.29, 0.717) is 19.6 Å². The van der Waals surface area contributed by atoms with Crippen LogP contribution in [0.3, 0.4) is 0 Å². The van der Waals surface area contributed by atoms with E-state index in [2.05, 4.69) is 15.9 Å². The molecule has 1 aliphatic rings. The number of allylic oxidation sites excluding steroid dienone is 1. The SMILES string of the molecule is O=C1C=CO[C@H](COCc2ccc(Br)cc2)C1. The standard InChI is InChI=1S/C13H13BrO3/c14-11-3-1-10(2-4-11)8-16-9-13-7-12(15)5-6-17-13/h1-6,13H,7-9H2/t13-/m0/s1. The summed E-state index contributed by atoms with van der Waals surface area (Å²) in [4.78, 5) is 11.1. The smallest absolute Gasteiger partial charge is 0.162 e. The molecule has 1 atom stereocenters. The third-order valence-electron chi connectivity index (χ3n) is 2.44. The Morgan fingerprint density at radius 3 is 2.82 bits per heavy atom. The molecule has 4 heteroatoms. The number of benzene rings is 1. The lowest BCUT2D eigenvalue weighted by molar-refractivity contribution is -0.119. The van der Waals surface area contributed by atoms with Crippen molar-refractivity contribution >= 4 is 21.7 Å². The van der Waals surface area contributed by atoms with E-state index in [1.807, 2.05) is 24.3 Å². The van der Waals surface area contributed by atoms with Crippen molar-refractivity contribution in [3.8, 4) is 0 Å².